The van der Waals surface area contributed by atoms with Crippen LogP contribution in [0.15, 0.2) is 42.7 Å². The van der Waals surface area contributed by atoms with E-state index < -0.39 is 40.8 Å². The minimum atomic E-state index is -5.08. The van der Waals surface area contributed by atoms with Gasteiger partial charge < -0.3 is 15.5 Å². The highest BCUT2D eigenvalue weighted by atomic mass is 35.5. The number of aromatic carboxylic acids is 1. The van der Waals surface area contributed by atoms with Gasteiger partial charge in [0, 0.05) is 18.3 Å². The van der Waals surface area contributed by atoms with Gasteiger partial charge in [0.2, 0.25) is 0 Å². The van der Waals surface area contributed by atoms with Gasteiger partial charge in [-0.1, -0.05) is 16.8 Å². The number of benzene rings is 1. The van der Waals surface area contributed by atoms with E-state index in [1.165, 1.54) is 23.0 Å². The lowest BCUT2D eigenvalue weighted by Crippen LogP contribution is -2.27. The van der Waals surface area contributed by atoms with Crippen molar-refractivity contribution in [2.45, 2.75) is 18.9 Å². The molecule has 0 spiro atoms. The molecule has 0 saturated carbocycles. The summed E-state index contributed by atoms with van der Waals surface area (Å²) in [6, 6.07) is 5.64. The number of aromatic nitrogens is 4. The molecule has 17 heteroatoms. The molecule has 1 aromatic carbocycles. The summed E-state index contributed by atoms with van der Waals surface area (Å²) in [5, 5.41) is 25.8. The van der Waals surface area contributed by atoms with Gasteiger partial charge in [0.15, 0.2) is 0 Å². The number of nitrogens with zero attached hydrogens (tertiary/aromatic N) is 4. The molecule has 2 heterocycles. The van der Waals surface area contributed by atoms with Crippen LogP contribution in [0, 0.1) is 0 Å². The normalized spacial score (nSPS) is 11.3. The van der Waals surface area contributed by atoms with E-state index in [1.54, 1.807) is 6.20 Å². The van der Waals surface area contributed by atoms with Crippen molar-refractivity contribution >= 4 is 29.4 Å². The monoisotopic (exact) mass is 553 g/mol. The molecule has 37 heavy (non-hydrogen) atoms. The lowest BCUT2D eigenvalue weighted by atomic mass is 10.1. The largest absolute Gasteiger partial charge is 0.490 e. The van der Waals surface area contributed by atoms with Crippen LogP contribution >= 0.6 is 11.6 Å². The van der Waals surface area contributed by atoms with Crippen molar-refractivity contribution in [3.63, 3.8) is 0 Å². The maximum atomic E-state index is 12.7. The average Bonchev–Trinajstić information content (AvgIpc) is 3.27. The number of hydrogen-bond acceptors (Lipinski definition) is 6. The summed E-state index contributed by atoms with van der Waals surface area (Å²) in [6.45, 7) is 0.367. The van der Waals surface area contributed by atoms with Crippen molar-refractivity contribution in [3.8, 4) is 11.4 Å². The summed E-state index contributed by atoms with van der Waals surface area (Å²) in [4.78, 5) is 35.9. The van der Waals surface area contributed by atoms with Gasteiger partial charge in [-0.25, -0.2) is 9.59 Å². The van der Waals surface area contributed by atoms with Crippen LogP contribution in [0.1, 0.15) is 26.3 Å². The highest BCUT2D eigenvalue weighted by Gasteiger charge is 2.38. The van der Waals surface area contributed by atoms with Crippen molar-refractivity contribution in [1.29, 1.82) is 0 Å². The van der Waals surface area contributed by atoms with E-state index in [0.29, 0.717) is 11.4 Å². The second kappa shape index (κ2) is 11.7. The van der Waals surface area contributed by atoms with Crippen molar-refractivity contribution < 1.29 is 50.9 Å². The predicted molar refractivity (Wildman–Crippen MR) is 113 cm³/mol. The number of carboxylic acids is 2. The van der Waals surface area contributed by atoms with Gasteiger partial charge in [-0.2, -0.15) is 26.3 Å². The molecular weight excluding hydrogens is 540 g/mol. The van der Waals surface area contributed by atoms with E-state index in [2.05, 4.69) is 20.6 Å². The molecule has 0 fully saturated rings. The Labute approximate surface area is 207 Å². The Morgan fingerprint density at radius 3 is 2.08 bits per heavy atom. The van der Waals surface area contributed by atoms with Crippen LogP contribution in [0.3, 0.4) is 0 Å². The van der Waals surface area contributed by atoms with Crippen molar-refractivity contribution in [1.82, 2.24) is 25.3 Å². The second-order valence-electron chi connectivity index (χ2n) is 6.86. The number of pyridine rings is 1. The standard InChI is InChI=1S/C18H13ClF3N5O3.C2HF3O2/c19-13-7-10(1-3-12(13)18(20,21)22)16(28)23-5-6-27-9-15(25-26-27)14-4-2-11(8-24-14)17(29)30;3-2(4,5)1(6)7/h1-4,7-9H,5-6H2,(H,23,28)(H,29,30);(H,6,7). The quantitative estimate of drug-likeness (QED) is 0.391. The first kappa shape index (κ1) is 29.0. The zero-order chi connectivity index (χ0) is 28.0. The fourth-order valence-corrected chi connectivity index (χ4v) is 2.76. The number of rotatable bonds is 6. The summed E-state index contributed by atoms with van der Waals surface area (Å²) in [5.74, 6) is -4.44. The highest BCUT2D eigenvalue weighted by Crippen LogP contribution is 2.34. The summed E-state index contributed by atoms with van der Waals surface area (Å²) >= 11 is 5.62. The molecule has 1 amide bonds. The van der Waals surface area contributed by atoms with Gasteiger partial charge >= 0.3 is 24.3 Å². The first-order chi connectivity index (χ1) is 17.1. The molecule has 198 valence electrons. The maximum absolute atomic E-state index is 12.7. The van der Waals surface area contributed by atoms with Gasteiger partial charge in [-0.3, -0.25) is 14.5 Å². The molecule has 0 bridgehead atoms. The molecule has 0 aliphatic heterocycles. The van der Waals surface area contributed by atoms with Gasteiger partial charge in [-0.15, -0.1) is 5.10 Å². The first-order valence-corrected chi connectivity index (χ1v) is 10.0. The van der Waals surface area contributed by atoms with E-state index in [1.807, 2.05) is 0 Å². The van der Waals surface area contributed by atoms with Crippen LogP contribution in [0.4, 0.5) is 26.3 Å². The Bertz CT molecular complexity index is 1280. The van der Waals surface area contributed by atoms with E-state index in [9.17, 15) is 35.9 Å². The fourth-order valence-electron chi connectivity index (χ4n) is 2.47. The number of amides is 1. The summed E-state index contributed by atoms with van der Waals surface area (Å²) in [7, 11) is 0. The van der Waals surface area contributed by atoms with E-state index in [0.717, 1.165) is 18.2 Å². The molecule has 2 aromatic heterocycles. The number of alkyl halides is 6. The van der Waals surface area contributed by atoms with E-state index in [4.69, 9.17) is 26.6 Å². The van der Waals surface area contributed by atoms with Crippen LogP contribution in [0.2, 0.25) is 5.02 Å². The molecule has 3 rings (SSSR count). The molecule has 0 radical (unpaired) electrons. The lowest BCUT2D eigenvalue weighted by molar-refractivity contribution is -0.192. The average molecular weight is 554 g/mol. The van der Waals surface area contributed by atoms with Crippen LogP contribution in [0.25, 0.3) is 11.4 Å². The van der Waals surface area contributed by atoms with Gasteiger partial charge in [0.05, 0.1) is 34.6 Å². The molecule has 0 unspecified atom stereocenters. The van der Waals surface area contributed by atoms with Gasteiger partial charge in [-0.05, 0) is 30.3 Å². The Morgan fingerprint density at radius 1 is 0.973 bits per heavy atom. The number of aliphatic carboxylic acids is 1. The van der Waals surface area contributed by atoms with Gasteiger partial charge in [0.1, 0.15) is 5.69 Å². The smallest absolute Gasteiger partial charge is 0.478 e. The highest BCUT2D eigenvalue weighted by molar-refractivity contribution is 6.31. The first-order valence-electron chi connectivity index (χ1n) is 9.64. The number of halogens is 7. The molecule has 0 aliphatic rings. The molecule has 0 atom stereocenters. The third kappa shape index (κ3) is 8.45. The Hall–Kier alpha value is -4.21. The number of carbonyl (C=O) groups is 3. The third-order valence-electron chi connectivity index (χ3n) is 4.22. The molecular formula is C20H14ClF6N5O5. The summed E-state index contributed by atoms with van der Waals surface area (Å²) in [6.07, 6.45) is -6.92. The van der Waals surface area contributed by atoms with Crippen molar-refractivity contribution in [3.05, 3.63) is 64.4 Å². The van der Waals surface area contributed by atoms with Crippen LogP contribution in [-0.4, -0.2) is 60.8 Å². The summed E-state index contributed by atoms with van der Waals surface area (Å²) in [5.41, 5.74) is -0.143. The van der Waals surface area contributed by atoms with Crippen LogP contribution in [-0.2, 0) is 17.5 Å². The Kier molecular flexibility index (Phi) is 9.16. The Balaban J connectivity index is 0.000000604. The zero-order valence-electron chi connectivity index (χ0n) is 18.0. The van der Waals surface area contributed by atoms with E-state index >= 15 is 0 Å². The van der Waals surface area contributed by atoms with Crippen molar-refractivity contribution in [2.75, 3.05) is 6.54 Å². The minimum Gasteiger partial charge on any atom is -0.478 e. The molecule has 0 aliphatic carbocycles. The van der Waals surface area contributed by atoms with Crippen LogP contribution in [0.5, 0.6) is 0 Å². The summed E-state index contributed by atoms with van der Waals surface area (Å²) < 4.78 is 71.3. The van der Waals surface area contributed by atoms with Crippen LogP contribution < -0.4 is 5.32 Å². The number of hydrogen-bond donors (Lipinski definition) is 3. The molecule has 3 aromatic rings. The number of nitrogens with one attached hydrogen (secondary N) is 1. The Morgan fingerprint density at radius 2 is 1.59 bits per heavy atom. The maximum Gasteiger partial charge on any atom is 0.490 e. The zero-order valence-corrected chi connectivity index (χ0v) is 18.8. The topological polar surface area (TPSA) is 147 Å². The van der Waals surface area contributed by atoms with E-state index in [-0.39, 0.29) is 24.2 Å². The number of carbonyl (C=O) groups excluding carboxylic acids is 1. The molecule has 10 nitrogen and oxygen atoms in total. The third-order valence-corrected chi connectivity index (χ3v) is 4.53. The predicted octanol–water partition coefficient (Wildman–Crippen LogP) is 3.77. The van der Waals surface area contributed by atoms with Gasteiger partial charge in [0.25, 0.3) is 5.91 Å². The fraction of sp³-hybridized carbons (Fsp3) is 0.200. The second-order valence-corrected chi connectivity index (χ2v) is 7.26. The SMILES string of the molecule is O=C(O)C(F)(F)F.O=C(O)c1ccc(-c2cn(CCNC(=O)c3ccc(C(F)(F)F)c(Cl)c3)nn2)nc1. The molecule has 0 saturated heterocycles. The molecule has 3 N–H and O–H groups in total. The lowest BCUT2D eigenvalue weighted by Gasteiger charge is -2.10. The number of carboxylic acid groups (broad SMARTS) is 2. The van der Waals surface area contributed by atoms with Crippen molar-refractivity contribution in [2.24, 2.45) is 0 Å². The minimum absolute atomic E-state index is 0.00463.